The van der Waals surface area contributed by atoms with Crippen LogP contribution >= 0.6 is 22.9 Å². The normalized spacial score (nSPS) is 11.5. The Bertz CT molecular complexity index is 843. The molecule has 2 rings (SSSR count). The van der Waals surface area contributed by atoms with Gasteiger partial charge in [-0.2, -0.15) is 0 Å². The third kappa shape index (κ3) is 3.94. The van der Waals surface area contributed by atoms with Gasteiger partial charge in [0, 0.05) is 4.88 Å². The highest BCUT2D eigenvalue weighted by atomic mass is 35.5. The van der Waals surface area contributed by atoms with E-state index in [1.165, 1.54) is 11.3 Å². The van der Waals surface area contributed by atoms with Crippen LogP contribution in [0.1, 0.15) is 27.1 Å². The number of thiophene rings is 1. The molecule has 1 N–H and O–H groups in total. The quantitative estimate of drug-likeness (QED) is 0.891. The fourth-order valence-corrected chi connectivity index (χ4v) is 5.11. The van der Waals surface area contributed by atoms with Gasteiger partial charge in [-0.25, -0.2) is 13.1 Å². The van der Waals surface area contributed by atoms with Crippen LogP contribution in [-0.2, 0) is 21.2 Å². The zero-order valence-electron chi connectivity index (χ0n) is 13.4. The van der Waals surface area contributed by atoms with E-state index in [1.807, 2.05) is 19.9 Å². The topological polar surface area (TPSA) is 63.2 Å². The maximum Gasteiger partial charge on any atom is 0.264 e. The molecule has 0 radical (unpaired) electrons. The van der Waals surface area contributed by atoms with Crippen LogP contribution in [-0.4, -0.2) is 14.3 Å². The van der Waals surface area contributed by atoms with Crippen molar-refractivity contribution in [3.05, 3.63) is 49.7 Å². The molecule has 0 aliphatic rings. The Hall–Kier alpha value is -1.37. The summed E-state index contributed by atoms with van der Waals surface area (Å²) >= 11 is 7.08. The number of carbonyl (C=O) groups excluding carboxylic acids is 1. The van der Waals surface area contributed by atoms with Crippen LogP contribution in [0.2, 0.25) is 4.34 Å². The molecule has 7 heteroatoms. The molecule has 0 atom stereocenters. The first-order valence-corrected chi connectivity index (χ1v) is 9.67. The molecule has 0 saturated carbocycles. The molecule has 0 fully saturated rings. The van der Waals surface area contributed by atoms with Gasteiger partial charge in [-0.05, 0) is 62.1 Å². The van der Waals surface area contributed by atoms with Crippen molar-refractivity contribution in [2.24, 2.45) is 0 Å². The predicted molar refractivity (Wildman–Crippen MR) is 93.8 cm³/mol. The SMILES string of the molecule is Cc1cc(C)c(C)c(S(=O)(=O)NC(=O)Cc2ccc(Cl)s2)c1C. The predicted octanol–water partition coefficient (Wildman–Crippen LogP) is 3.68. The fraction of sp³-hybridized carbons (Fsp3) is 0.312. The number of halogens is 1. The van der Waals surface area contributed by atoms with Crippen molar-refractivity contribution in [3.63, 3.8) is 0 Å². The Morgan fingerprint density at radius 1 is 1.13 bits per heavy atom. The van der Waals surface area contributed by atoms with Crippen molar-refractivity contribution in [1.82, 2.24) is 4.72 Å². The maximum absolute atomic E-state index is 12.6. The van der Waals surface area contributed by atoms with Crippen molar-refractivity contribution in [2.45, 2.75) is 39.0 Å². The molecule has 23 heavy (non-hydrogen) atoms. The summed E-state index contributed by atoms with van der Waals surface area (Å²) in [6.45, 7) is 7.21. The average Bonchev–Trinajstić information content (AvgIpc) is 2.80. The smallest absolute Gasteiger partial charge is 0.264 e. The summed E-state index contributed by atoms with van der Waals surface area (Å²) in [7, 11) is -3.91. The maximum atomic E-state index is 12.6. The zero-order valence-corrected chi connectivity index (χ0v) is 15.7. The molecule has 124 valence electrons. The number of benzene rings is 1. The molecule has 0 spiro atoms. The highest BCUT2D eigenvalue weighted by molar-refractivity contribution is 7.90. The van der Waals surface area contributed by atoms with Crippen molar-refractivity contribution in [2.75, 3.05) is 0 Å². The van der Waals surface area contributed by atoms with Crippen molar-refractivity contribution in [1.29, 1.82) is 0 Å². The largest absolute Gasteiger partial charge is 0.274 e. The minimum absolute atomic E-state index is 0.0144. The molecule has 1 amide bonds. The zero-order chi connectivity index (χ0) is 17.4. The lowest BCUT2D eigenvalue weighted by Gasteiger charge is -2.16. The Morgan fingerprint density at radius 2 is 1.70 bits per heavy atom. The average molecular weight is 372 g/mol. The first kappa shape index (κ1) is 18.0. The molecule has 0 aliphatic carbocycles. The first-order chi connectivity index (χ1) is 10.6. The molecule has 1 aromatic carbocycles. The van der Waals surface area contributed by atoms with Gasteiger partial charge in [0.2, 0.25) is 5.91 Å². The summed E-state index contributed by atoms with van der Waals surface area (Å²) in [6.07, 6.45) is -0.0144. The van der Waals surface area contributed by atoms with Crippen LogP contribution in [0, 0.1) is 27.7 Å². The second-order valence-electron chi connectivity index (χ2n) is 5.50. The third-order valence-electron chi connectivity index (χ3n) is 3.78. The number of carbonyl (C=O) groups is 1. The second-order valence-corrected chi connectivity index (χ2v) is 8.92. The van der Waals surface area contributed by atoms with E-state index in [1.54, 1.807) is 26.0 Å². The van der Waals surface area contributed by atoms with Crippen LogP contribution in [0.25, 0.3) is 0 Å². The van der Waals surface area contributed by atoms with Crippen LogP contribution in [0.3, 0.4) is 0 Å². The molecular weight excluding hydrogens is 354 g/mol. The number of nitrogens with one attached hydrogen (secondary N) is 1. The van der Waals surface area contributed by atoms with Crippen molar-refractivity contribution < 1.29 is 13.2 Å². The molecule has 0 bridgehead atoms. The van der Waals surface area contributed by atoms with Crippen molar-refractivity contribution in [3.8, 4) is 0 Å². The van der Waals surface area contributed by atoms with E-state index in [0.29, 0.717) is 15.5 Å². The van der Waals surface area contributed by atoms with Gasteiger partial charge in [-0.1, -0.05) is 17.7 Å². The summed E-state index contributed by atoms with van der Waals surface area (Å²) in [5, 5.41) is 0. The van der Waals surface area contributed by atoms with Gasteiger partial charge in [0.25, 0.3) is 10.0 Å². The molecular formula is C16H18ClNO3S2. The number of sulfonamides is 1. The second kappa shape index (κ2) is 6.63. The standard InChI is InChI=1S/C16H18ClNO3S2/c1-9-7-10(2)12(4)16(11(9)3)23(20,21)18-15(19)8-13-5-6-14(17)22-13/h5-7H,8H2,1-4H3,(H,18,19). The summed E-state index contributed by atoms with van der Waals surface area (Å²) in [6, 6.07) is 5.34. The van der Waals surface area contributed by atoms with Gasteiger partial charge in [-0.3, -0.25) is 4.79 Å². The van der Waals surface area contributed by atoms with E-state index in [-0.39, 0.29) is 11.3 Å². The first-order valence-electron chi connectivity index (χ1n) is 6.99. The molecule has 4 nitrogen and oxygen atoms in total. The van der Waals surface area contributed by atoms with Crippen LogP contribution in [0.4, 0.5) is 0 Å². The van der Waals surface area contributed by atoms with E-state index in [9.17, 15) is 13.2 Å². The van der Waals surface area contributed by atoms with Crippen LogP contribution < -0.4 is 4.72 Å². The lowest BCUT2D eigenvalue weighted by Crippen LogP contribution is -2.32. The van der Waals surface area contributed by atoms with Gasteiger partial charge >= 0.3 is 0 Å². The fourth-order valence-electron chi connectivity index (χ4n) is 2.43. The lowest BCUT2D eigenvalue weighted by molar-refractivity contribution is -0.118. The van der Waals surface area contributed by atoms with E-state index in [2.05, 4.69) is 4.72 Å². The number of aryl methyl sites for hydroxylation is 2. The summed E-state index contributed by atoms with van der Waals surface area (Å²) < 4.78 is 28.0. The van der Waals surface area contributed by atoms with Gasteiger partial charge in [-0.15, -0.1) is 11.3 Å². The molecule has 1 heterocycles. The molecule has 0 unspecified atom stereocenters. The molecule has 2 aromatic rings. The molecule has 1 aromatic heterocycles. The van der Waals surface area contributed by atoms with Gasteiger partial charge in [0.15, 0.2) is 0 Å². The minimum atomic E-state index is -3.91. The Kier molecular flexibility index (Phi) is 5.18. The van der Waals surface area contributed by atoms with Gasteiger partial charge in [0.1, 0.15) is 0 Å². The number of hydrogen-bond donors (Lipinski definition) is 1. The van der Waals surface area contributed by atoms with Crippen molar-refractivity contribution >= 4 is 38.9 Å². The summed E-state index contributed by atoms with van der Waals surface area (Å²) in [5.74, 6) is -0.568. The third-order valence-corrected chi connectivity index (χ3v) is 6.66. The monoisotopic (exact) mass is 371 g/mol. The number of rotatable bonds is 4. The minimum Gasteiger partial charge on any atom is -0.274 e. The molecule has 0 saturated heterocycles. The Labute approximate surface area is 145 Å². The number of amides is 1. The van der Waals surface area contributed by atoms with E-state index < -0.39 is 15.9 Å². The summed E-state index contributed by atoms with van der Waals surface area (Å²) in [5.41, 5.74) is 3.08. The van der Waals surface area contributed by atoms with Gasteiger partial charge in [0.05, 0.1) is 15.7 Å². The number of hydrogen-bond acceptors (Lipinski definition) is 4. The Balaban J connectivity index is 2.31. The van der Waals surface area contributed by atoms with Gasteiger partial charge < -0.3 is 0 Å². The van der Waals surface area contributed by atoms with E-state index in [4.69, 9.17) is 11.6 Å². The molecule has 0 aliphatic heterocycles. The van der Waals surface area contributed by atoms with E-state index in [0.717, 1.165) is 16.0 Å². The Morgan fingerprint density at radius 3 is 2.17 bits per heavy atom. The van der Waals surface area contributed by atoms with E-state index >= 15 is 0 Å². The highest BCUT2D eigenvalue weighted by Crippen LogP contribution is 2.26. The van der Waals surface area contributed by atoms with Crippen LogP contribution in [0.5, 0.6) is 0 Å². The lowest BCUT2D eigenvalue weighted by atomic mass is 10.0. The summed E-state index contributed by atoms with van der Waals surface area (Å²) in [4.78, 5) is 13.0. The highest BCUT2D eigenvalue weighted by Gasteiger charge is 2.24. The van der Waals surface area contributed by atoms with Crippen LogP contribution in [0.15, 0.2) is 23.1 Å².